The van der Waals surface area contributed by atoms with E-state index in [1.54, 1.807) is 6.33 Å². The van der Waals surface area contributed by atoms with E-state index in [0.717, 1.165) is 44.1 Å². The third-order valence-electron chi connectivity index (χ3n) is 6.76. The molecule has 0 bridgehead atoms. The van der Waals surface area contributed by atoms with E-state index in [4.69, 9.17) is 14.4 Å². The van der Waals surface area contributed by atoms with Crippen LogP contribution in [0.3, 0.4) is 0 Å². The van der Waals surface area contributed by atoms with Gasteiger partial charge in [-0.05, 0) is 43.0 Å². The van der Waals surface area contributed by atoms with Crippen molar-refractivity contribution >= 4 is 56.9 Å². The third-order valence-corrected chi connectivity index (χ3v) is 9.03. The van der Waals surface area contributed by atoms with Gasteiger partial charge in [0.25, 0.3) is 0 Å². The SMILES string of the molecule is Cc1cc2ccc3c(-c4cccc5c4oc4ccccc45)ncnc3c2c(C)c1[Si](C)(C)C. The van der Waals surface area contributed by atoms with Crippen LogP contribution in [0.2, 0.25) is 19.6 Å². The number of furan rings is 1. The molecule has 0 saturated heterocycles. The molecule has 0 radical (unpaired) electrons. The molecule has 0 spiro atoms. The van der Waals surface area contributed by atoms with Crippen molar-refractivity contribution < 1.29 is 4.42 Å². The molecule has 4 heteroatoms. The lowest BCUT2D eigenvalue weighted by atomic mass is 9.96. The van der Waals surface area contributed by atoms with Crippen molar-refractivity contribution in [2.75, 3.05) is 0 Å². The van der Waals surface area contributed by atoms with Gasteiger partial charge >= 0.3 is 0 Å². The first-order chi connectivity index (χ1) is 15.8. The first kappa shape index (κ1) is 20.1. The van der Waals surface area contributed by atoms with Gasteiger partial charge in [-0.25, -0.2) is 9.97 Å². The molecule has 0 amide bonds. The Morgan fingerprint density at radius 3 is 2.39 bits per heavy atom. The minimum absolute atomic E-state index is 0.877. The van der Waals surface area contributed by atoms with Crippen LogP contribution in [-0.4, -0.2) is 18.0 Å². The highest BCUT2D eigenvalue weighted by molar-refractivity contribution is 6.89. The van der Waals surface area contributed by atoms with Crippen LogP contribution in [0, 0.1) is 13.8 Å². The van der Waals surface area contributed by atoms with Gasteiger partial charge in [0.05, 0.1) is 19.3 Å². The third kappa shape index (κ3) is 2.94. The monoisotopic (exact) mass is 446 g/mol. The maximum atomic E-state index is 6.32. The Morgan fingerprint density at radius 2 is 1.58 bits per heavy atom. The van der Waals surface area contributed by atoms with E-state index in [1.807, 2.05) is 12.1 Å². The van der Waals surface area contributed by atoms with E-state index in [2.05, 4.69) is 82.0 Å². The summed E-state index contributed by atoms with van der Waals surface area (Å²) in [6, 6.07) is 21.2. The van der Waals surface area contributed by atoms with Crippen molar-refractivity contribution in [1.82, 2.24) is 9.97 Å². The van der Waals surface area contributed by atoms with E-state index in [0.29, 0.717) is 0 Å². The van der Waals surface area contributed by atoms with Gasteiger partial charge in [0.2, 0.25) is 0 Å². The van der Waals surface area contributed by atoms with Gasteiger partial charge in [-0.2, -0.15) is 0 Å². The van der Waals surface area contributed by atoms with Crippen molar-refractivity contribution in [1.29, 1.82) is 0 Å². The lowest BCUT2D eigenvalue weighted by Gasteiger charge is -2.24. The predicted octanol–water partition coefficient (Wildman–Crippen LogP) is 7.51. The van der Waals surface area contributed by atoms with Crippen LogP contribution in [-0.2, 0) is 0 Å². The van der Waals surface area contributed by atoms with Gasteiger partial charge in [-0.1, -0.05) is 72.9 Å². The molecule has 0 aliphatic rings. The van der Waals surface area contributed by atoms with Crippen molar-refractivity contribution in [3.8, 4) is 11.3 Å². The summed E-state index contributed by atoms with van der Waals surface area (Å²) >= 11 is 0. The number of fused-ring (bicyclic) bond motifs is 6. The first-order valence-electron chi connectivity index (χ1n) is 11.4. The fourth-order valence-electron chi connectivity index (χ4n) is 5.69. The molecule has 0 unspecified atom stereocenters. The number of para-hydroxylation sites is 2. The minimum Gasteiger partial charge on any atom is -0.455 e. The van der Waals surface area contributed by atoms with Gasteiger partial charge in [0.15, 0.2) is 0 Å². The summed E-state index contributed by atoms with van der Waals surface area (Å²) in [6.07, 6.45) is 1.70. The number of aryl methyl sites for hydroxylation is 2. The number of nitrogens with zero attached hydrogens (tertiary/aromatic N) is 2. The van der Waals surface area contributed by atoms with Gasteiger partial charge in [0, 0.05) is 27.1 Å². The molecule has 0 atom stereocenters. The number of hydrogen-bond acceptors (Lipinski definition) is 3. The normalized spacial score (nSPS) is 12.4. The summed E-state index contributed by atoms with van der Waals surface area (Å²) in [4.78, 5) is 9.57. The number of hydrogen-bond donors (Lipinski definition) is 0. The molecular formula is C29H26N2OSi. The van der Waals surface area contributed by atoms with Crippen molar-refractivity contribution in [3.05, 3.63) is 78.1 Å². The van der Waals surface area contributed by atoms with Crippen LogP contribution in [0.5, 0.6) is 0 Å². The Morgan fingerprint density at radius 1 is 0.788 bits per heavy atom. The average Bonchev–Trinajstić information content (AvgIpc) is 3.16. The minimum atomic E-state index is -1.52. The smallest absolute Gasteiger partial charge is 0.144 e. The first-order valence-corrected chi connectivity index (χ1v) is 14.9. The molecule has 3 nitrogen and oxygen atoms in total. The second kappa shape index (κ2) is 7.00. The summed E-state index contributed by atoms with van der Waals surface area (Å²) in [6.45, 7) is 11.8. The van der Waals surface area contributed by atoms with Crippen LogP contribution in [0.15, 0.2) is 71.4 Å². The standard InChI is InChI=1S/C29H26N2OSi/c1-17-15-19-13-14-22-26(30-16-31-27(22)25(19)18(2)29(17)33(3,4)5)23-11-8-10-21-20-9-6-7-12-24(20)32-28(21)23/h6-16H,1-5H3. The van der Waals surface area contributed by atoms with Gasteiger partial charge in [-0.15, -0.1) is 0 Å². The van der Waals surface area contributed by atoms with Gasteiger partial charge in [-0.3, -0.25) is 0 Å². The molecule has 0 N–H and O–H groups in total. The quantitative estimate of drug-likeness (QED) is 0.204. The summed E-state index contributed by atoms with van der Waals surface area (Å²) in [5.41, 5.74) is 7.47. The van der Waals surface area contributed by atoms with Crippen LogP contribution < -0.4 is 5.19 Å². The topological polar surface area (TPSA) is 38.9 Å². The second-order valence-corrected chi connectivity index (χ2v) is 15.0. The van der Waals surface area contributed by atoms with E-state index in [1.165, 1.54) is 27.1 Å². The van der Waals surface area contributed by atoms with E-state index in [-0.39, 0.29) is 0 Å². The zero-order chi connectivity index (χ0) is 22.9. The molecule has 2 heterocycles. The lowest BCUT2D eigenvalue weighted by molar-refractivity contribution is 0.670. The largest absolute Gasteiger partial charge is 0.455 e. The number of benzene rings is 4. The highest BCUT2D eigenvalue weighted by atomic mass is 28.3. The second-order valence-electron chi connectivity index (χ2n) is 10.0. The Bertz CT molecular complexity index is 1720. The molecule has 0 saturated carbocycles. The highest BCUT2D eigenvalue weighted by Gasteiger charge is 2.24. The maximum Gasteiger partial charge on any atom is 0.144 e. The molecule has 0 fully saturated rings. The molecule has 6 aromatic rings. The van der Waals surface area contributed by atoms with Crippen LogP contribution >= 0.6 is 0 Å². The summed E-state index contributed by atoms with van der Waals surface area (Å²) in [5.74, 6) is 0. The van der Waals surface area contributed by atoms with Crippen molar-refractivity contribution in [2.45, 2.75) is 33.5 Å². The summed E-state index contributed by atoms with van der Waals surface area (Å²) in [7, 11) is -1.52. The summed E-state index contributed by atoms with van der Waals surface area (Å²) in [5, 5.41) is 7.32. The average molecular weight is 447 g/mol. The van der Waals surface area contributed by atoms with Gasteiger partial charge < -0.3 is 4.42 Å². The van der Waals surface area contributed by atoms with E-state index in [9.17, 15) is 0 Å². The molecule has 2 aromatic heterocycles. The number of rotatable bonds is 2. The molecule has 6 rings (SSSR count). The maximum absolute atomic E-state index is 6.32. The van der Waals surface area contributed by atoms with Crippen LogP contribution in [0.1, 0.15) is 11.1 Å². The van der Waals surface area contributed by atoms with Crippen LogP contribution in [0.25, 0.3) is 54.9 Å². The lowest BCUT2D eigenvalue weighted by Crippen LogP contribution is -2.41. The molecule has 33 heavy (non-hydrogen) atoms. The fourth-order valence-corrected chi connectivity index (χ4v) is 8.19. The zero-order valence-electron chi connectivity index (χ0n) is 19.7. The Hall–Kier alpha value is -3.50. The molecule has 162 valence electrons. The zero-order valence-corrected chi connectivity index (χ0v) is 20.7. The highest BCUT2D eigenvalue weighted by Crippen LogP contribution is 2.38. The van der Waals surface area contributed by atoms with Crippen LogP contribution in [0.4, 0.5) is 0 Å². The fraction of sp³-hybridized carbons (Fsp3) is 0.172. The Labute approximate surface area is 194 Å². The molecule has 4 aromatic carbocycles. The Balaban J connectivity index is 1.72. The van der Waals surface area contributed by atoms with E-state index >= 15 is 0 Å². The van der Waals surface area contributed by atoms with Crippen molar-refractivity contribution in [3.63, 3.8) is 0 Å². The summed E-state index contributed by atoms with van der Waals surface area (Å²) < 4.78 is 6.32. The van der Waals surface area contributed by atoms with Crippen molar-refractivity contribution in [2.24, 2.45) is 0 Å². The van der Waals surface area contributed by atoms with E-state index < -0.39 is 8.07 Å². The number of aromatic nitrogens is 2. The van der Waals surface area contributed by atoms with Gasteiger partial charge in [0.1, 0.15) is 17.5 Å². The molecule has 0 aliphatic carbocycles. The predicted molar refractivity (Wildman–Crippen MR) is 142 cm³/mol. The molecule has 0 aliphatic heterocycles. The molecular weight excluding hydrogens is 420 g/mol. The Kier molecular flexibility index (Phi) is 4.27.